The number of aromatic nitrogens is 1. The Balaban J connectivity index is 1.83. The molecule has 1 heterocycles. The number of anilines is 1. The highest BCUT2D eigenvalue weighted by atomic mass is 16.5. The Morgan fingerprint density at radius 3 is 2.56 bits per heavy atom. The lowest BCUT2D eigenvalue weighted by atomic mass is 10.1. The Labute approximate surface area is 145 Å². The number of carbonyl (C=O) groups excluding carboxylic acids is 2. The quantitative estimate of drug-likeness (QED) is 0.810. The smallest absolute Gasteiger partial charge is 0.306 e. The van der Waals surface area contributed by atoms with Crippen molar-refractivity contribution in [3.8, 4) is 6.07 Å². The van der Waals surface area contributed by atoms with E-state index in [2.05, 4.69) is 10.5 Å². The molecule has 0 aliphatic carbocycles. The van der Waals surface area contributed by atoms with Crippen molar-refractivity contribution >= 4 is 17.6 Å². The van der Waals surface area contributed by atoms with Gasteiger partial charge in [0, 0.05) is 17.7 Å². The van der Waals surface area contributed by atoms with Crippen molar-refractivity contribution in [2.24, 2.45) is 0 Å². The molecule has 7 nitrogen and oxygen atoms in total. The van der Waals surface area contributed by atoms with E-state index in [4.69, 9.17) is 14.5 Å². The lowest BCUT2D eigenvalue weighted by Gasteiger charge is -2.13. The molecule has 0 fully saturated rings. The van der Waals surface area contributed by atoms with Crippen molar-refractivity contribution in [3.63, 3.8) is 0 Å². The summed E-state index contributed by atoms with van der Waals surface area (Å²) in [6, 6.07) is 8.41. The lowest BCUT2D eigenvalue weighted by Crippen LogP contribution is -2.30. The third-order valence-electron chi connectivity index (χ3n) is 3.72. The Morgan fingerprint density at radius 2 is 2.00 bits per heavy atom. The normalized spacial score (nSPS) is 11.4. The van der Waals surface area contributed by atoms with Crippen molar-refractivity contribution in [1.82, 2.24) is 5.16 Å². The SMILES string of the molecule is Cc1noc(C)c1CCC(=O)O[C@H](C)C(=O)Nc1ccc(C#N)cc1. The van der Waals surface area contributed by atoms with Gasteiger partial charge in [0.05, 0.1) is 17.3 Å². The molecule has 0 spiro atoms. The maximum atomic E-state index is 12.1. The molecule has 0 saturated carbocycles. The number of ether oxygens (including phenoxy) is 1. The van der Waals surface area contributed by atoms with Crippen LogP contribution in [0.25, 0.3) is 0 Å². The number of nitrogens with one attached hydrogen (secondary N) is 1. The van der Waals surface area contributed by atoms with Gasteiger partial charge in [0.25, 0.3) is 5.91 Å². The van der Waals surface area contributed by atoms with Crippen molar-refractivity contribution < 1.29 is 18.8 Å². The van der Waals surface area contributed by atoms with Gasteiger partial charge in [0.2, 0.25) is 0 Å². The summed E-state index contributed by atoms with van der Waals surface area (Å²) >= 11 is 0. The Hall–Kier alpha value is -3.14. The van der Waals surface area contributed by atoms with Gasteiger partial charge >= 0.3 is 5.97 Å². The predicted molar refractivity (Wildman–Crippen MR) is 89.6 cm³/mol. The van der Waals surface area contributed by atoms with Crippen LogP contribution in [0.3, 0.4) is 0 Å². The second kappa shape index (κ2) is 8.11. The number of nitrogens with zero attached hydrogens (tertiary/aromatic N) is 2. The van der Waals surface area contributed by atoms with Gasteiger partial charge in [-0.15, -0.1) is 0 Å². The molecule has 0 aliphatic rings. The Morgan fingerprint density at radius 1 is 1.32 bits per heavy atom. The third kappa shape index (κ3) is 4.91. The van der Waals surface area contributed by atoms with Crippen LogP contribution in [0.5, 0.6) is 0 Å². The molecule has 0 aliphatic heterocycles. The first-order valence-corrected chi connectivity index (χ1v) is 7.83. The topological polar surface area (TPSA) is 105 Å². The number of esters is 1. The largest absolute Gasteiger partial charge is 0.453 e. The first kappa shape index (κ1) is 18.2. The summed E-state index contributed by atoms with van der Waals surface area (Å²) in [4.78, 5) is 24.0. The predicted octanol–water partition coefficient (Wildman–Crippen LogP) is 2.67. The number of hydrogen-bond donors (Lipinski definition) is 1. The second-order valence-electron chi connectivity index (χ2n) is 5.61. The number of rotatable bonds is 6. The summed E-state index contributed by atoms with van der Waals surface area (Å²) < 4.78 is 10.2. The molecule has 130 valence electrons. The highest BCUT2D eigenvalue weighted by molar-refractivity contribution is 5.95. The van der Waals surface area contributed by atoms with Crippen LogP contribution < -0.4 is 5.32 Å². The van der Waals surface area contributed by atoms with Gasteiger partial charge in [-0.3, -0.25) is 9.59 Å². The zero-order chi connectivity index (χ0) is 18.4. The Kier molecular flexibility index (Phi) is 5.90. The molecule has 25 heavy (non-hydrogen) atoms. The zero-order valence-electron chi connectivity index (χ0n) is 14.3. The van der Waals surface area contributed by atoms with Crippen molar-refractivity contribution in [2.75, 3.05) is 5.32 Å². The van der Waals surface area contributed by atoms with Crippen LogP contribution in [0, 0.1) is 25.2 Å². The summed E-state index contributed by atoms with van der Waals surface area (Å²) in [5, 5.41) is 15.2. The van der Waals surface area contributed by atoms with Crippen LogP contribution >= 0.6 is 0 Å². The van der Waals surface area contributed by atoms with Crippen LogP contribution in [0.4, 0.5) is 5.69 Å². The molecule has 1 N–H and O–H groups in total. The number of benzene rings is 1. The monoisotopic (exact) mass is 341 g/mol. The molecule has 1 aromatic carbocycles. The van der Waals surface area contributed by atoms with Gasteiger partial charge < -0.3 is 14.6 Å². The molecule has 1 aromatic heterocycles. The molecule has 1 atom stereocenters. The van der Waals surface area contributed by atoms with E-state index in [-0.39, 0.29) is 6.42 Å². The fraction of sp³-hybridized carbons (Fsp3) is 0.333. The third-order valence-corrected chi connectivity index (χ3v) is 3.72. The van der Waals surface area contributed by atoms with Crippen molar-refractivity contribution in [3.05, 3.63) is 46.8 Å². The molecular weight excluding hydrogens is 322 g/mol. The number of nitriles is 1. The standard InChI is InChI=1S/C18H19N3O4/c1-11-16(12(2)25-21-11)8-9-17(22)24-13(3)18(23)20-15-6-4-14(10-19)5-7-15/h4-7,13H,8-9H2,1-3H3,(H,20,23)/t13-/m1/s1. The van der Waals surface area contributed by atoms with Gasteiger partial charge in [-0.05, 0) is 51.5 Å². The maximum absolute atomic E-state index is 12.1. The van der Waals surface area contributed by atoms with Crippen molar-refractivity contribution in [2.45, 2.75) is 39.7 Å². The van der Waals surface area contributed by atoms with Gasteiger partial charge in [0.1, 0.15) is 5.76 Å². The van der Waals surface area contributed by atoms with Gasteiger partial charge in [-0.2, -0.15) is 5.26 Å². The second-order valence-corrected chi connectivity index (χ2v) is 5.61. The van der Waals surface area contributed by atoms with Gasteiger partial charge in [-0.1, -0.05) is 5.16 Å². The van der Waals surface area contributed by atoms with Crippen molar-refractivity contribution in [1.29, 1.82) is 5.26 Å². The van der Waals surface area contributed by atoms with E-state index < -0.39 is 18.0 Å². The van der Waals surface area contributed by atoms with E-state index in [9.17, 15) is 9.59 Å². The first-order valence-electron chi connectivity index (χ1n) is 7.83. The number of carbonyl (C=O) groups is 2. The molecule has 7 heteroatoms. The van der Waals surface area contributed by atoms with E-state index in [1.165, 1.54) is 6.92 Å². The van der Waals surface area contributed by atoms with Crippen LogP contribution in [0.2, 0.25) is 0 Å². The van der Waals surface area contributed by atoms with Crippen LogP contribution in [-0.2, 0) is 20.7 Å². The van der Waals surface area contributed by atoms with Gasteiger partial charge in [0.15, 0.2) is 6.10 Å². The molecule has 2 rings (SSSR count). The molecule has 0 unspecified atom stereocenters. The number of aryl methyl sites for hydroxylation is 2. The Bertz CT molecular complexity index is 783. The van der Waals surface area contributed by atoms with E-state index >= 15 is 0 Å². The molecule has 1 amide bonds. The fourth-order valence-electron chi connectivity index (χ4n) is 2.27. The van der Waals surface area contributed by atoms with Gasteiger partial charge in [-0.25, -0.2) is 0 Å². The zero-order valence-corrected chi connectivity index (χ0v) is 14.3. The minimum absolute atomic E-state index is 0.136. The molecular formula is C18H19N3O4. The maximum Gasteiger partial charge on any atom is 0.306 e. The average molecular weight is 341 g/mol. The van der Waals surface area contributed by atoms with Crippen LogP contribution in [0.15, 0.2) is 28.8 Å². The van der Waals surface area contributed by atoms with E-state index in [0.29, 0.717) is 23.4 Å². The van der Waals surface area contributed by atoms with Crippen LogP contribution in [0.1, 0.15) is 35.9 Å². The fourth-order valence-corrected chi connectivity index (χ4v) is 2.27. The summed E-state index contributed by atoms with van der Waals surface area (Å²) in [5.74, 6) is -0.227. The number of hydrogen-bond acceptors (Lipinski definition) is 6. The molecule has 0 saturated heterocycles. The highest BCUT2D eigenvalue weighted by Gasteiger charge is 2.19. The minimum atomic E-state index is -0.923. The highest BCUT2D eigenvalue weighted by Crippen LogP contribution is 2.15. The summed E-state index contributed by atoms with van der Waals surface area (Å²) in [6.45, 7) is 5.10. The first-order chi connectivity index (χ1) is 11.9. The molecule has 0 radical (unpaired) electrons. The number of amides is 1. The average Bonchev–Trinajstić information content (AvgIpc) is 2.91. The van der Waals surface area contributed by atoms with E-state index in [1.807, 2.05) is 13.0 Å². The summed E-state index contributed by atoms with van der Waals surface area (Å²) in [6.07, 6.45) is -0.339. The lowest BCUT2D eigenvalue weighted by molar-refractivity contribution is -0.153. The molecule has 2 aromatic rings. The van der Waals surface area contributed by atoms with E-state index in [1.54, 1.807) is 31.2 Å². The van der Waals surface area contributed by atoms with Crippen LogP contribution in [-0.4, -0.2) is 23.1 Å². The van der Waals surface area contributed by atoms with E-state index in [0.717, 1.165) is 11.3 Å². The summed E-state index contributed by atoms with van der Waals surface area (Å²) in [7, 11) is 0. The molecule has 0 bridgehead atoms. The summed E-state index contributed by atoms with van der Waals surface area (Å²) in [5.41, 5.74) is 2.66. The minimum Gasteiger partial charge on any atom is -0.453 e.